The molecule has 0 aliphatic carbocycles. The molecule has 0 saturated carbocycles. The Kier molecular flexibility index (Phi) is 6.43. The van der Waals surface area contributed by atoms with Crippen LogP contribution in [0.1, 0.15) is 37.4 Å². The van der Waals surface area contributed by atoms with Gasteiger partial charge in [0.25, 0.3) is 0 Å². The van der Waals surface area contributed by atoms with Crippen LogP contribution in [0.3, 0.4) is 0 Å². The minimum Gasteiger partial charge on any atom is -0.382 e. The second-order valence-corrected chi connectivity index (χ2v) is 8.84. The van der Waals surface area contributed by atoms with E-state index in [0.29, 0.717) is 13.2 Å². The van der Waals surface area contributed by atoms with E-state index in [1.165, 1.54) is 5.56 Å². The molecule has 4 rings (SSSR count). The van der Waals surface area contributed by atoms with Crippen molar-refractivity contribution >= 4 is 43.5 Å². The number of hydrogen-bond donors (Lipinski definition) is 1. The molecule has 0 unspecified atom stereocenters. The first-order valence-corrected chi connectivity index (χ1v) is 11.5. The molecule has 0 bridgehead atoms. The van der Waals surface area contributed by atoms with Gasteiger partial charge in [-0.1, -0.05) is 0 Å². The van der Waals surface area contributed by atoms with Crippen LogP contribution in [0, 0.1) is 19.8 Å². The highest BCUT2D eigenvalue weighted by atomic mass is 32.1. The summed E-state index contributed by atoms with van der Waals surface area (Å²) in [7, 11) is 0. The van der Waals surface area contributed by atoms with Crippen molar-refractivity contribution in [3.8, 4) is 0 Å². The molecular weight excluding hydrogens is 398 g/mol. The normalized spacial score (nSPS) is 15.2. The van der Waals surface area contributed by atoms with Crippen molar-refractivity contribution in [1.29, 1.82) is 0 Å². The molecule has 1 fully saturated rings. The Labute approximate surface area is 180 Å². The van der Waals surface area contributed by atoms with Gasteiger partial charge in [-0.3, -0.25) is 4.79 Å². The summed E-state index contributed by atoms with van der Waals surface area (Å²) in [5.74, 6) is 1.20. The molecule has 7 nitrogen and oxygen atoms in total. The number of nitrogens with zero attached hydrogens (tertiary/aromatic N) is 4. The van der Waals surface area contributed by atoms with Crippen LogP contribution in [-0.2, 0) is 9.53 Å². The highest BCUT2D eigenvalue weighted by molar-refractivity contribution is 7.26. The standard InChI is InChI=1S/C22H29N5O2S/c1-4-29-11-5-8-23-21(28)16-6-9-27(10-7-16)20-19-18(24-13-25-20)17-14(2)12-15(3)26-22(17)30-19/h12-13,16H,4-11H2,1-3H3,(H,23,28). The van der Waals surface area contributed by atoms with E-state index < -0.39 is 0 Å². The molecule has 1 N–H and O–H groups in total. The van der Waals surface area contributed by atoms with Crippen molar-refractivity contribution in [2.45, 2.75) is 40.0 Å². The van der Waals surface area contributed by atoms with Gasteiger partial charge >= 0.3 is 0 Å². The lowest BCUT2D eigenvalue weighted by Gasteiger charge is -2.32. The van der Waals surface area contributed by atoms with Gasteiger partial charge in [0.1, 0.15) is 17.0 Å². The fourth-order valence-corrected chi connectivity index (χ4v) is 5.42. The zero-order chi connectivity index (χ0) is 21.1. The second kappa shape index (κ2) is 9.22. The Balaban J connectivity index is 1.45. The van der Waals surface area contributed by atoms with Gasteiger partial charge in [0.2, 0.25) is 5.91 Å². The second-order valence-electron chi connectivity index (χ2n) is 7.84. The lowest BCUT2D eigenvalue weighted by Crippen LogP contribution is -2.41. The number of aryl methyl sites for hydroxylation is 2. The zero-order valence-electron chi connectivity index (χ0n) is 17.9. The van der Waals surface area contributed by atoms with E-state index in [0.717, 1.165) is 70.9 Å². The van der Waals surface area contributed by atoms with Crippen molar-refractivity contribution in [3.05, 3.63) is 23.7 Å². The Morgan fingerprint density at radius 1 is 1.30 bits per heavy atom. The zero-order valence-corrected chi connectivity index (χ0v) is 18.7. The summed E-state index contributed by atoms with van der Waals surface area (Å²) < 4.78 is 6.41. The van der Waals surface area contributed by atoms with E-state index in [4.69, 9.17) is 9.72 Å². The number of piperidine rings is 1. The minimum absolute atomic E-state index is 0.0691. The lowest BCUT2D eigenvalue weighted by atomic mass is 9.96. The number of fused-ring (bicyclic) bond motifs is 3. The molecular formula is C22H29N5O2S. The number of ether oxygens (including phenoxy) is 1. The highest BCUT2D eigenvalue weighted by Crippen LogP contribution is 2.38. The maximum absolute atomic E-state index is 12.5. The molecule has 1 amide bonds. The third kappa shape index (κ3) is 4.25. The highest BCUT2D eigenvalue weighted by Gasteiger charge is 2.27. The van der Waals surface area contributed by atoms with Crippen LogP contribution in [0.4, 0.5) is 5.82 Å². The number of carbonyl (C=O) groups is 1. The van der Waals surface area contributed by atoms with E-state index >= 15 is 0 Å². The molecule has 0 spiro atoms. The third-order valence-corrected chi connectivity index (χ3v) is 6.73. The molecule has 1 aliphatic rings. The number of nitrogens with one attached hydrogen (secondary N) is 1. The fourth-order valence-electron chi connectivity index (χ4n) is 4.15. The SMILES string of the molecule is CCOCCCNC(=O)C1CCN(c2ncnc3c2sc2nc(C)cc(C)c23)CC1. The molecule has 4 heterocycles. The van der Waals surface area contributed by atoms with Gasteiger partial charge in [-0.05, 0) is 51.7 Å². The maximum atomic E-state index is 12.5. The predicted molar refractivity (Wildman–Crippen MR) is 121 cm³/mol. The number of pyridine rings is 1. The average Bonchev–Trinajstić information content (AvgIpc) is 3.12. The van der Waals surface area contributed by atoms with E-state index in [2.05, 4.69) is 33.2 Å². The number of anilines is 1. The van der Waals surface area contributed by atoms with Crippen molar-refractivity contribution in [3.63, 3.8) is 0 Å². The Morgan fingerprint density at radius 3 is 2.87 bits per heavy atom. The van der Waals surface area contributed by atoms with Crippen LogP contribution in [0.5, 0.6) is 0 Å². The molecule has 0 atom stereocenters. The van der Waals surface area contributed by atoms with Crippen molar-refractivity contribution in [1.82, 2.24) is 20.3 Å². The monoisotopic (exact) mass is 427 g/mol. The number of rotatable bonds is 7. The Bertz CT molecular complexity index is 1040. The summed E-state index contributed by atoms with van der Waals surface area (Å²) in [6.45, 7) is 9.86. The summed E-state index contributed by atoms with van der Waals surface area (Å²) in [4.78, 5) is 29.7. The lowest BCUT2D eigenvalue weighted by molar-refractivity contribution is -0.125. The largest absolute Gasteiger partial charge is 0.382 e. The Hall–Kier alpha value is -2.32. The van der Waals surface area contributed by atoms with Crippen LogP contribution < -0.4 is 10.2 Å². The molecule has 0 radical (unpaired) electrons. The predicted octanol–water partition coefficient (Wildman–Crippen LogP) is 3.62. The molecule has 8 heteroatoms. The number of hydrogen-bond acceptors (Lipinski definition) is 7. The average molecular weight is 428 g/mol. The summed E-state index contributed by atoms with van der Waals surface area (Å²) in [5.41, 5.74) is 3.21. The van der Waals surface area contributed by atoms with E-state index in [-0.39, 0.29) is 11.8 Å². The number of thiophene rings is 1. The van der Waals surface area contributed by atoms with Gasteiger partial charge in [0.15, 0.2) is 0 Å². The van der Waals surface area contributed by atoms with Crippen molar-refractivity contribution in [2.24, 2.45) is 5.92 Å². The minimum atomic E-state index is 0.0691. The smallest absolute Gasteiger partial charge is 0.223 e. The first-order chi connectivity index (χ1) is 14.6. The molecule has 1 aliphatic heterocycles. The maximum Gasteiger partial charge on any atom is 0.223 e. The van der Waals surface area contributed by atoms with Gasteiger partial charge in [-0.25, -0.2) is 15.0 Å². The van der Waals surface area contributed by atoms with Gasteiger partial charge in [-0.15, -0.1) is 11.3 Å². The van der Waals surface area contributed by atoms with Gasteiger partial charge in [0.05, 0.1) is 10.2 Å². The van der Waals surface area contributed by atoms with Crippen molar-refractivity contribution < 1.29 is 9.53 Å². The number of aromatic nitrogens is 3. The molecule has 160 valence electrons. The van der Waals surface area contributed by atoms with Gasteiger partial charge in [0, 0.05) is 49.8 Å². The van der Waals surface area contributed by atoms with E-state index in [1.807, 2.05) is 13.8 Å². The van der Waals surface area contributed by atoms with Crippen LogP contribution in [-0.4, -0.2) is 53.7 Å². The summed E-state index contributed by atoms with van der Waals surface area (Å²) in [6.07, 6.45) is 4.19. The number of carbonyl (C=O) groups excluding carboxylic acids is 1. The Morgan fingerprint density at radius 2 is 2.10 bits per heavy atom. The van der Waals surface area contributed by atoms with E-state index in [9.17, 15) is 4.79 Å². The molecule has 30 heavy (non-hydrogen) atoms. The topological polar surface area (TPSA) is 80.2 Å². The van der Waals surface area contributed by atoms with Crippen LogP contribution in [0.15, 0.2) is 12.4 Å². The third-order valence-electron chi connectivity index (χ3n) is 5.67. The first kappa shape index (κ1) is 20.9. The van der Waals surface area contributed by atoms with Gasteiger partial charge in [-0.2, -0.15) is 0 Å². The number of amides is 1. The van der Waals surface area contributed by atoms with E-state index in [1.54, 1.807) is 17.7 Å². The first-order valence-electron chi connectivity index (χ1n) is 10.7. The summed E-state index contributed by atoms with van der Waals surface area (Å²) in [5, 5.41) is 4.19. The fraction of sp³-hybridized carbons (Fsp3) is 0.545. The summed E-state index contributed by atoms with van der Waals surface area (Å²) >= 11 is 1.67. The quantitative estimate of drug-likeness (QED) is 0.580. The van der Waals surface area contributed by atoms with Crippen LogP contribution in [0.25, 0.3) is 20.4 Å². The molecule has 1 saturated heterocycles. The van der Waals surface area contributed by atoms with Crippen molar-refractivity contribution in [2.75, 3.05) is 37.7 Å². The molecule has 3 aromatic heterocycles. The molecule has 0 aromatic carbocycles. The van der Waals surface area contributed by atoms with Crippen LogP contribution in [0.2, 0.25) is 0 Å². The summed E-state index contributed by atoms with van der Waals surface area (Å²) in [6, 6.07) is 2.11. The molecule has 3 aromatic rings. The van der Waals surface area contributed by atoms with Gasteiger partial charge < -0.3 is 15.0 Å². The van der Waals surface area contributed by atoms with Crippen LogP contribution >= 0.6 is 11.3 Å².